The second kappa shape index (κ2) is 17.7. The van der Waals surface area contributed by atoms with E-state index in [9.17, 15) is 38.4 Å². The van der Waals surface area contributed by atoms with Gasteiger partial charge in [0.25, 0.3) is 23.6 Å². The number of esters is 4. The van der Waals surface area contributed by atoms with Crippen LogP contribution >= 0.6 is 0 Å². The number of benzene rings is 3. The summed E-state index contributed by atoms with van der Waals surface area (Å²) in [6, 6.07) is 16.3. The number of carbonyl (C=O) groups excluding carboxylic acids is 8. The molecule has 0 aromatic heterocycles. The lowest BCUT2D eigenvalue weighted by molar-refractivity contribution is -0.156. The summed E-state index contributed by atoms with van der Waals surface area (Å²) in [5.41, 5.74) is 1.40. The number of rotatable bonds is 17. The molecule has 3 aromatic carbocycles. The van der Waals surface area contributed by atoms with Crippen molar-refractivity contribution >= 4 is 53.7 Å². The number of nitrogens with one attached hydrogen (secondary N) is 1. The van der Waals surface area contributed by atoms with Crippen molar-refractivity contribution < 1.29 is 66.8 Å². The van der Waals surface area contributed by atoms with E-state index in [0.717, 1.165) is 40.3 Å². The fourth-order valence-corrected chi connectivity index (χ4v) is 4.69. The largest absolute Gasteiger partial charge is 0.462 e. The number of hydrogen-bond acceptors (Lipinski definition) is 15. The molecular formula is C37H29N3O14. The van der Waals surface area contributed by atoms with Gasteiger partial charge in [-0.3, -0.25) is 38.6 Å². The monoisotopic (exact) mass is 739 g/mol. The number of nitrogens with zero attached hydrogens (tertiary/aromatic N) is 2. The summed E-state index contributed by atoms with van der Waals surface area (Å²) in [5.74, 6) is -4.80. The van der Waals surface area contributed by atoms with Gasteiger partial charge in [0.15, 0.2) is 0 Å². The molecule has 4 amide bonds. The molecule has 5 rings (SSSR count). The van der Waals surface area contributed by atoms with Gasteiger partial charge in [-0.1, -0.05) is 6.07 Å². The van der Waals surface area contributed by atoms with E-state index in [1.165, 1.54) is 54.6 Å². The molecule has 0 spiro atoms. The average Bonchev–Trinajstić information content (AvgIpc) is 3.66. The fourth-order valence-electron chi connectivity index (χ4n) is 4.69. The van der Waals surface area contributed by atoms with Gasteiger partial charge in [0.2, 0.25) is 13.6 Å². The molecule has 0 saturated carbocycles. The Bertz CT molecular complexity index is 2020. The molecule has 0 fully saturated rings. The second-order valence-electron chi connectivity index (χ2n) is 11.1. The van der Waals surface area contributed by atoms with Gasteiger partial charge in [-0.15, -0.1) is 0 Å². The minimum absolute atomic E-state index is 0.00402. The van der Waals surface area contributed by atoms with E-state index >= 15 is 0 Å². The predicted molar refractivity (Wildman–Crippen MR) is 181 cm³/mol. The molecule has 0 saturated heterocycles. The third kappa shape index (κ3) is 10.1. The third-order valence-corrected chi connectivity index (χ3v) is 7.50. The summed E-state index contributed by atoms with van der Waals surface area (Å²) in [6.07, 6.45) is 5.51. The lowest BCUT2D eigenvalue weighted by Crippen LogP contribution is -2.36. The van der Waals surface area contributed by atoms with Gasteiger partial charge in [-0.05, 0) is 66.2 Å². The molecule has 2 heterocycles. The van der Waals surface area contributed by atoms with Gasteiger partial charge < -0.3 is 33.8 Å². The molecule has 2 aliphatic heterocycles. The van der Waals surface area contributed by atoms with Crippen LogP contribution < -0.4 is 14.2 Å². The Morgan fingerprint density at radius 3 is 1.52 bits per heavy atom. The zero-order valence-corrected chi connectivity index (χ0v) is 28.1. The van der Waals surface area contributed by atoms with Crippen LogP contribution in [0.1, 0.15) is 31.8 Å². The van der Waals surface area contributed by atoms with Gasteiger partial charge in [0, 0.05) is 42.5 Å². The number of hydrogen-bond donors (Lipinski definition) is 1. The average molecular weight is 740 g/mol. The molecule has 0 unspecified atom stereocenters. The Morgan fingerprint density at radius 2 is 1.06 bits per heavy atom. The maximum absolute atomic E-state index is 12.8. The molecule has 276 valence electrons. The van der Waals surface area contributed by atoms with Crippen LogP contribution in [0.3, 0.4) is 0 Å². The zero-order valence-electron chi connectivity index (χ0n) is 28.1. The Kier molecular flexibility index (Phi) is 12.4. The fraction of sp³-hybridized carbons (Fsp3) is 0.162. The van der Waals surface area contributed by atoms with Gasteiger partial charge in [0.1, 0.15) is 30.3 Å². The Labute approximate surface area is 305 Å². The Balaban J connectivity index is 1.01. The highest BCUT2D eigenvalue weighted by Crippen LogP contribution is 2.22. The first-order chi connectivity index (χ1) is 26.0. The molecule has 0 radical (unpaired) electrons. The third-order valence-electron chi connectivity index (χ3n) is 7.50. The highest BCUT2D eigenvalue weighted by Gasteiger charge is 2.27. The number of carbonyl (C=O) groups is 8. The zero-order chi connectivity index (χ0) is 38.6. The summed E-state index contributed by atoms with van der Waals surface area (Å²) in [4.78, 5) is 96.6. The molecule has 1 N–H and O–H groups in total. The molecular weight excluding hydrogens is 710 g/mol. The lowest BCUT2D eigenvalue weighted by Gasteiger charge is -2.13. The first-order valence-corrected chi connectivity index (χ1v) is 15.9. The van der Waals surface area contributed by atoms with Crippen LogP contribution in [0.15, 0.2) is 91.0 Å². The SMILES string of the molecule is N=Cc1cc(CCOC(=O)c2ccc(OCOC(=O)CN3C(=O)C=CC3=O)cc2)ccc1OC(=O)c1ccc(OCOC(=O)CN2C(=O)C=CC2=O)cc1. The maximum Gasteiger partial charge on any atom is 0.343 e. The van der Waals surface area contributed by atoms with Crippen molar-refractivity contribution in [3.63, 3.8) is 0 Å². The van der Waals surface area contributed by atoms with Crippen molar-refractivity contribution in [1.82, 2.24) is 9.80 Å². The summed E-state index contributed by atoms with van der Waals surface area (Å²) in [7, 11) is 0. The first-order valence-electron chi connectivity index (χ1n) is 15.9. The van der Waals surface area contributed by atoms with Crippen molar-refractivity contribution in [2.45, 2.75) is 6.42 Å². The Morgan fingerprint density at radius 1 is 0.593 bits per heavy atom. The van der Waals surface area contributed by atoms with Crippen LogP contribution in [0.5, 0.6) is 17.2 Å². The maximum atomic E-state index is 12.8. The number of amides is 4. The minimum atomic E-state index is -0.848. The lowest BCUT2D eigenvalue weighted by atomic mass is 10.1. The van der Waals surface area contributed by atoms with Gasteiger partial charge in [-0.2, -0.15) is 0 Å². The van der Waals surface area contributed by atoms with Crippen molar-refractivity contribution in [3.05, 3.63) is 113 Å². The van der Waals surface area contributed by atoms with Crippen molar-refractivity contribution in [3.8, 4) is 17.2 Å². The molecule has 0 bridgehead atoms. The number of imide groups is 2. The summed E-state index contributed by atoms with van der Waals surface area (Å²) >= 11 is 0. The van der Waals surface area contributed by atoms with Gasteiger partial charge >= 0.3 is 23.9 Å². The van der Waals surface area contributed by atoms with E-state index < -0.39 is 74.2 Å². The summed E-state index contributed by atoms with van der Waals surface area (Å²) < 4.78 is 31.2. The van der Waals surface area contributed by atoms with Crippen LogP contribution in [-0.4, -0.2) is 96.8 Å². The van der Waals surface area contributed by atoms with Crippen LogP contribution in [0.25, 0.3) is 0 Å². The van der Waals surface area contributed by atoms with Crippen molar-refractivity contribution in [2.75, 3.05) is 33.3 Å². The highest BCUT2D eigenvalue weighted by atomic mass is 16.7. The van der Waals surface area contributed by atoms with E-state index in [2.05, 4.69) is 0 Å². The molecule has 2 aliphatic rings. The summed E-state index contributed by atoms with van der Waals surface area (Å²) in [5, 5.41) is 7.78. The molecule has 0 atom stereocenters. The topological polar surface area (TPSA) is 222 Å². The van der Waals surface area contributed by atoms with Crippen LogP contribution in [0, 0.1) is 5.41 Å². The summed E-state index contributed by atoms with van der Waals surface area (Å²) in [6.45, 7) is -2.08. The van der Waals surface area contributed by atoms with Crippen molar-refractivity contribution in [2.24, 2.45) is 0 Å². The van der Waals surface area contributed by atoms with E-state index in [-0.39, 0.29) is 35.0 Å². The smallest absolute Gasteiger partial charge is 0.343 e. The van der Waals surface area contributed by atoms with E-state index in [0.29, 0.717) is 17.5 Å². The second-order valence-corrected chi connectivity index (χ2v) is 11.1. The molecule has 3 aromatic rings. The number of ether oxygens (including phenoxy) is 6. The van der Waals surface area contributed by atoms with E-state index in [1.54, 1.807) is 12.1 Å². The predicted octanol–water partition coefficient (Wildman–Crippen LogP) is 1.91. The standard InChI is InChI=1S/C37H29N3O14/c38-18-26-17-23(15-16-49-36(47)24-2-6-27(7-3-24)50-21-52-34(45)19-39-30(41)11-12-31(39)42)1-10-29(26)54-37(48)25-4-8-28(9-5-25)51-22-53-35(46)20-40-32(43)13-14-33(40)44/h1-14,17-18,38H,15-16,19-22H2. The van der Waals surface area contributed by atoms with Crippen LogP contribution in [-0.2, 0) is 49.4 Å². The van der Waals surface area contributed by atoms with Crippen LogP contribution in [0.4, 0.5) is 0 Å². The van der Waals surface area contributed by atoms with Crippen LogP contribution in [0.2, 0.25) is 0 Å². The van der Waals surface area contributed by atoms with E-state index in [1.807, 2.05) is 0 Å². The molecule has 0 aliphatic carbocycles. The highest BCUT2D eigenvalue weighted by molar-refractivity contribution is 6.14. The van der Waals surface area contributed by atoms with Crippen molar-refractivity contribution in [1.29, 1.82) is 5.41 Å². The van der Waals surface area contributed by atoms with E-state index in [4.69, 9.17) is 33.8 Å². The van der Waals surface area contributed by atoms with Gasteiger partial charge in [-0.25, -0.2) is 9.59 Å². The molecule has 54 heavy (non-hydrogen) atoms. The molecule has 17 nitrogen and oxygen atoms in total. The first kappa shape index (κ1) is 37.8. The molecule has 17 heteroatoms. The normalized spacial score (nSPS) is 13.2. The van der Waals surface area contributed by atoms with Gasteiger partial charge in [0.05, 0.1) is 17.7 Å². The quantitative estimate of drug-likeness (QED) is 0.0522. The Hall–Kier alpha value is -7.43. The minimum Gasteiger partial charge on any atom is -0.462 e.